The van der Waals surface area contributed by atoms with Crippen LogP contribution in [0.2, 0.25) is 0 Å². The van der Waals surface area contributed by atoms with E-state index in [1.807, 2.05) is 4.90 Å². The molecule has 1 aromatic carbocycles. The molecule has 0 bridgehead atoms. The van der Waals surface area contributed by atoms with Gasteiger partial charge in [0.15, 0.2) is 0 Å². The molecule has 1 aliphatic rings. The lowest BCUT2D eigenvalue weighted by atomic mass is 10.2. The summed E-state index contributed by atoms with van der Waals surface area (Å²) in [6, 6.07) is 1.69. The van der Waals surface area contributed by atoms with E-state index >= 15 is 0 Å². The van der Waals surface area contributed by atoms with Crippen molar-refractivity contribution in [3.8, 4) is 0 Å². The Morgan fingerprint density at radius 3 is 3.06 bits per heavy atom. The van der Waals surface area contributed by atoms with Gasteiger partial charge in [0, 0.05) is 18.8 Å². The summed E-state index contributed by atoms with van der Waals surface area (Å²) in [5, 5.41) is 0.171. The fourth-order valence-electron chi connectivity index (χ4n) is 1.91. The van der Waals surface area contributed by atoms with E-state index in [1.54, 1.807) is 6.07 Å². The quantitative estimate of drug-likeness (QED) is 0.790. The fraction of sp³-hybridized carbons (Fsp3) is 0.333. The minimum absolute atomic E-state index is 0.0629. The zero-order valence-corrected chi connectivity index (χ0v) is 9.19. The van der Waals surface area contributed by atoms with E-state index in [-0.39, 0.29) is 23.0 Å². The number of ether oxygens (including phenoxy) is 1. The van der Waals surface area contributed by atoms with E-state index in [9.17, 15) is 4.79 Å². The highest BCUT2D eigenvalue weighted by Gasteiger charge is 2.12. The van der Waals surface area contributed by atoms with Gasteiger partial charge in [0.05, 0.1) is 33.2 Å². The largest absolute Gasteiger partial charge is 0.378 e. The smallest absolute Gasteiger partial charge is 0.258 e. The van der Waals surface area contributed by atoms with Gasteiger partial charge in [-0.1, -0.05) is 0 Å². The second-order valence-electron chi connectivity index (χ2n) is 3.87. The maximum atomic E-state index is 11.7. The molecule has 2 aromatic rings. The maximum Gasteiger partial charge on any atom is 0.258 e. The first-order chi connectivity index (χ1) is 9.18. The van der Waals surface area contributed by atoms with Crippen molar-refractivity contribution in [1.82, 2.24) is 9.97 Å². The number of aromatic nitrogens is 2. The van der Waals surface area contributed by atoms with Gasteiger partial charge in [-0.3, -0.25) is 4.79 Å². The van der Waals surface area contributed by atoms with E-state index in [0.29, 0.717) is 37.5 Å². The molecule has 1 fully saturated rings. The highest BCUT2D eigenvalue weighted by Crippen LogP contribution is 2.19. The zero-order valence-electron chi connectivity index (χ0n) is 11.2. The van der Waals surface area contributed by atoms with Gasteiger partial charge in [-0.15, -0.1) is 0 Å². The zero-order chi connectivity index (χ0) is 13.4. The standard InChI is InChI=1S/C12H13N3O2/c16-12-10-2-1-9(7-11(10)13-8-14-12)15-3-5-17-6-4-15/h1-2,7-8H,3-6H2,(H,13,14,16)/i1D,2D. The van der Waals surface area contributed by atoms with Crippen LogP contribution in [0.1, 0.15) is 2.74 Å². The Labute approximate surface area is 101 Å². The van der Waals surface area contributed by atoms with Crippen LogP contribution in [0.4, 0.5) is 5.69 Å². The average molecular weight is 233 g/mol. The third-order valence-electron chi connectivity index (χ3n) is 2.82. The number of rotatable bonds is 1. The van der Waals surface area contributed by atoms with Crippen molar-refractivity contribution in [2.24, 2.45) is 0 Å². The molecule has 0 saturated carbocycles. The Bertz CT molecular complexity index is 680. The molecule has 0 radical (unpaired) electrons. The van der Waals surface area contributed by atoms with Crippen LogP contribution < -0.4 is 10.5 Å². The predicted molar refractivity (Wildman–Crippen MR) is 65.4 cm³/mol. The van der Waals surface area contributed by atoms with Crippen LogP contribution in [0.15, 0.2) is 29.3 Å². The Hall–Kier alpha value is -1.88. The van der Waals surface area contributed by atoms with Crippen LogP contribution >= 0.6 is 0 Å². The summed E-state index contributed by atoms with van der Waals surface area (Å²) in [6.07, 6.45) is 1.32. The monoisotopic (exact) mass is 233 g/mol. The van der Waals surface area contributed by atoms with Gasteiger partial charge in [0.1, 0.15) is 0 Å². The number of hydrogen-bond acceptors (Lipinski definition) is 4. The van der Waals surface area contributed by atoms with Gasteiger partial charge < -0.3 is 14.6 Å². The van der Waals surface area contributed by atoms with Crippen LogP contribution in [0.3, 0.4) is 0 Å². The highest BCUT2D eigenvalue weighted by atomic mass is 16.5. The van der Waals surface area contributed by atoms with E-state index in [0.717, 1.165) is 0 Å². The Kier molecular flexibility index (Phi) is 2.03. The number of nitrogens with one attached hydrogen (secondary N) is 1. The van der Waals surface area contributed by atoms with Gasteiger partial charge in [-0.05, 0) is 18.2 Å². The SMILES string of the molecule is [2H]c1c(N2CCOCC2)cc2nc[nH]c(=O)c2c1[2H]. The number of H-pyrrole nitrogens is 1. The van der Waals surface area contributed by atoms with Crippen molar-refractivity contribution in [2.75, 3.05) is 31.2 Å². The number of fused-ring (bicyclic) bond motifs is 1. The lowest BCUT2D eigenvalue weighted by Crippen LogP contribution is -2.36. The summed E-state index contributed by atoms with van der Waals surface area (Å²) in [5.41, 5.74) is 0.710. The Balaban J connectivity index is 2.21. The van der Waals surface area contributed by atoms with E-state index < -0.39 is 0 Å². The first-order valence-corrected chi connectivity index (χ1v) is 5.49. The summed E-state index contributed by atoms with van der Waals surface area (Å²) in [4.78, 5) is 20.2. The molecule has 5 nitrogen and oxygen atoms in total. The molecule has 1 N–H and O–H groups in total. The summed E-state index contributed by atoms with van der Waals surface area (Å²) >= 11 is 0. The van der Waals surface area contributed by atoms with Gasteiger partial charge in [0.2, 0.25) is 0 Å². The fourth-order valence-corrected chi connectivity index (χ4v) is 1.91. The number of nitrogens with zero attached hydrogens (tertiary/aromatic N) is 2. The number of anilines is 1. The predicted octanol–water partition coefficient (Wildman–Crippen LogP) is 0.760. The minimum Gasteiger partial charge on any atom is -0.378 e. The molecule has 1 saturated heterocycles. The number of benzene rings is 1. The molecule has 1 aliphatic heterocycles. The second-order valence-corrected chi connectivity index (χ2v) is 3.87. The van der Waals surface area contributed by atoms with Crippen LogP contribution in [-0.2, 0) is 4.74 Å². The Morgan fingerprint density at radius 1 is 1.41 bits per heavy atom. The number of morpholine rings is 1. The molecule has 0 spiro atoms. The normalized spacial score (nSPS) is 18.0. The number of aromatic amines is 1. The van der Waals surface area contributed by atoms with Gasteiger partial charge in [-0.25, -0.2) is 4.98 Å². The lowest BCUT2D eigenvalue weighted by Gasteiger charge is -2.28. The summed E-state index contributed by atoms with van der Waals surface area (Å²) in [7, 11) is 0. The molecule has 88 valence electrons. The lowest BCUT2D eigenvalue weighted by molar-refractivity contribution is 0.122. The number of hydrogen-bond donors (Lipinski definition) is 1. The van der Waals surface area contributed by atoms with Crippen molar-refractivity contribution >= 4 is 16.6 Å². The third kappa shape index (κ3) is 1.89. The molecule has 0 amide bonds. The molecule has 2 heterocycles. The molecule has 3 rings (SSSR count). The summed E-state index contributed by atoms with van der Waals surface area (Å²) < 4.78 is 21.3. The van der Waals surface area contributed by atoms with Crippen LogP contribution in [0, 0.1) is 0 Å². The maximum absolute atomic E-state index is 11.7. The van der Waals surface area contributed by atoms with Crippen LogP contribution in [0.25, 0.3) is 10.9 Å². The van der Waals surface area contributed by atoms with Crippen molar-refractivity contribution in [3.05, 3.63) is 34.8 Å². The molecule has 1 aromatic heterocycles. The third-order valence-corrected chi connectivity index (χ3v) is 2.82. The van der Waals surface area contributed by atoms with Gasteiger partial charge in [-0.2, -0.15) is 0 Å². The van der Waals surface area contributed by atoms with Crippen molar-refractivity contribution in [1.29, 1.82) is 0 Å². The highest BCUT2D eigenvalue weighted by molar-refractivity contribution is 5.81. The molecule has 0 atom stereocenters. The summed E-state index contributed by atoms with van der Waals surface area (Å²) in [6.45, 7) is 2.57. The average Bonchev–Trinajstić information content (AvgIpc) is 2.43. The summed E-state index contributed by atoms with van der Waals surface area (Å²) in [5.74, 6) is 0. The van der Waals surface area contributed by atoms with E-state index in [4.69, 9.17) is 7.48 Å². The molecular weight excluding hydrogens is 218 g/mol. The van der Waals surface area contributed by atoms with Crippen molar-refractivity contribution < 1.29 is 7.48 Å². The molecule has 0 aliphatic carbocycles. The Morgan fingerprint density at radius 2 is 2.24 bits per heavy atom. The first-order valence-electron chi connectivity index (χ1n) is 6.49. The van der Waals surface area contributed by atoms with Crippen molar-refractivity contribution in [2.45, 2.75) is 0 Å². The first kappa shape index (κ1) is 8.25. The van der Waals surface area contributed by atoms with Crippen molar-refractivity contribution in [3.63, 3.8) is 0 Å². The van der Waals surface area contributed by atoms with E-state index in [2.05, 4.69) is 9.97 Å². The van der Waals surface area contributed by atoms with Crippen LogP contribution in [0.5, 0.6) is 0 Å². The minimum atomic E-state index is -0.378. The van der Waals surface area contributed by atoms with Gasteiger partial charge >= 0.3 is 0 Å². The molecule has 17 heavy (non-hydrogen) atoms. The second kappa shape index (κ2) is 4.18. The van der Waals surface area contributed by atoms with Gasteiger partial charge in [0.25, 0.3) is 5.56 Å². The molecule has 5 heteroatoms. The molecular formula is C12H13N3O2. The van der Waals surface area contributed by atoms with E-state index in [1.165, 1.54) is 6.33 Å². The topological polar surface area (TPSA) is 58.2 Å². The van der Waals surface area contributed by atoms with Crippen LogP contribution in [-0.4, -0.2) is 36.3 Å². The molecule has 0 unspecified atom stereocenters.